The van der Waals surface area contributed by atoms with E-state index in [-0.39, 0.29) is 6.03 Å². The SMILES string of the molecule is Cc1ccc(Br)cc1NC(=O)NCCOc1cccc(Cl)c1. The van der Waals surface area contributed by atoms with E-state index in [9.17, 15) is 4.79 Å². The number of benzene rings is 2. The molecule has 0 atom stereocenters. The summed E-state index contributed by atoms with van der Waals surface area (Å²) in [7, 11) is 0. The van der Waals surface area contributed by atoms with Crippen LogP contribution < -0.4 is 15.4 Å². The van der Waals surface area contributed by atoms with E-state index in [1.807, 2.05) is 37.3 Å². The van der Waals surface area contributed by atoms with Crippen LogP contribution in [0.5, 0.6) is 5.75 Å². The molecule has 0 aliphatic heterocycles. The van der Waals surface area contributed by atoms with Crippen molar-refractivity contribution in [2.75, 3.05) is 18.5 Å². The molecule has 0 saturated carbocycles. The average Bonchev–Trinajstić information content (AvgIpc) is 2.48. The second kappa shape index (κ2) is 8.06. The first-order valence-electron chi connectivity index (χ1n) is 6.74. The molecular weight excluding hydrogens is 368 g/mol. The van der Waals surface area contributed by atoms with E-state index >= 15 is 0 Å². The normalized spacial score (nSPS) is 10.1. The number of hydrogen-bond acceptors (Lipinski definition) is 2. The summed E-state index contributed by atoms with van der Waals surface area (Å²) in [6, 6.07) is 12.6. The van der Waals surface area contributed by atoms with Crippen LogP contribution in [0.1, 0.15) is 5.56 Å². The standard InChI is InChI=1S/C16H16BrClN2O2/c1-11-5-6-12(17)9-15(11)20-16(21)19-7-8-22-14-4-2-3-13(18)10-14/h2-6,9-10H,7-8H2,1H3,(H2,19,20,21). The summed E-state index contributed by atoms with van der Waals surface area (Å²) in [5.74, 6) is 0.678. The molecule has 0 saturated heterocycles. The molecule has 2 amide bonds. The molecule has 0 unspecified atom stereocenters. The Balaban J connectivity index is 1.75. The van der Waals surface area contributed by atoms with E-state index in [1.54, 1.807) is 12.1 Å². The lowest BCUT2D eigenvalue weighted by Crippen LogP contribution is -2.32. The van der Waals surface area contributed by atoms with Gasteiger partial charge < -0.3 is 15.4 Å². The zero-order valence-electron chi connectivity index (χ0n) is 12.0. The van der Waals surface area contributed by atoms with Crippen molar-refractivity contribution in [1.29, 1.82) is 0 Å². The molecule has 0 fully saturated rings. The van der Waals surface area contributed by atoms with Gasteiger partial charge >= 0.3 is 6.03 Å². The van der Waals surface area contributed by atoms with Gasteiger partial charge in [0.05, 0.1) is 6.54 Å². The quantitative estimate of drug-likeness (QED) is 0.741. The summed E-state index contributed by atoms with van der Waals surface area (Å²) in [6.07, 6.45) is 0. The van der Waals surface area contributed by atoms with Gasteiger partial charge in [0, 0.05) is 15.2 Å². The molecule has 6 heteroatoms. The second-order valence-corrected chi connectivity index (χ2v) is 6.00. The Kier molecular flexibility index (Phi) is 6.10. The Morgan fingerprint density at radius 2 is 2.09 bits per heavy atom. The number of amides is 2. The van der Waals surface area contributed by atoms with Crippen LogP contribution >= 0.6 is 27.5 Å². The summed E-state index contributed by atoms with van der Waals surface area (Å²) in [6.45, 7) is 2.70. The van der Waals surface area contributed by atoms with Crippen LogP contribution in [0.25, 0.3) is 0 Å². The number of ether oxygens (including phenoxy) is 1. The third-order valence-electron chi connectivity index (χ3n) is 2.90. The zero-order chi connectivity index (χ0) is 15.9. The molecule has 22 heavy (non-hydrogen) atoms. The van der Waals surface area contributed by atoms with Crippen LogP contribution in [0.2, 0.25) is 5.02 Å². The van der Waals surface area contributed by atoms with E-state index in [4.69, 9.17) is 16.3 Å². The Morgan fingerprint density at radius 1 is 1.27 bits per heavy atom. The Morgan fingerprint density at radius 3 is 2.86 bits per heavy atom. The largest absolute Gasteiger partial charge is 0.492 e. The maximum Gasteiger partial charge on any atom is 0.319 e. The molecule has 116 valence electrons. The van der Waals surface area contributed by atoms with Crippen molar-refractivity contribution >= 4 is 39.2 Å². The molecule has 0 bridgehead atoms. The number of urea groups is 1. The van der Waals surface area contributed by atoms with Gasteiger partial charge in [0.15, 0.2) is 0 Å². The summed E-state index contributed by atoms with van der Waals surface area (Å²) in [5.41, 5.74) is 1.76. The van der Waals surface area contributed by atoms with Gasteiger partial charge in [-0.05, 0) is 42.8 Å². The number of carbonyl (C=O) groups is 1. The van der Waals surface area contributed by atoms with Gasteiger partial charge in [0.1, 0.15) is 12.4 Å². The lowest BCUT2D eigenvalue weighted by molar-refractivity contribution is 0.247. The van der Waals surface area contributed by atoms with Crippen molar-refractivity contribution < 1.29 is 9.53 Å². The number of rotatable bonds is 5. The molecule has 2 aromatic rings. The minimum absolute atomic E-state index is 0.268. The topological polar surface area (TPSA) is 50.4 Å². The van der Waals surface area contributed by atoms with Crippen LogP contribution in [0.4, 0.5) is 10.5 Å². The maximum absolute atomic E-state index is 11.8. The summed E-state index contributed by atoms with van der Waals surface area (Å²) >= 11 is 9.24. The second-order valence-electron chi connectivity index (χ2n) is 4.65. The smallest absolute Gasteiger partial charge is 0.319 e. The summed E-state index contributed by atoms with van der Waals surface area (Å²) in [4.78, 5) is 11.8. The highest BCUT2D eigenvalue weighted by Gasteiger charge is 2.04. The number of hydrogen-bond donors (Lipinski definition) is 2. The number of carbonyl (C=O) groups excluding carboxylic acids is 1. The minimum atomic E-state index is -0.268. The molecular formula is C16H16BrClN2O2. The van der Waals surface area contributed by atoms with Gasteiger partial charge in [-0.1, -0.05) is 39.7 Å². The highest BCUT2D eigenvalue weighted by Crippen LogP contribution is 2.20. The molecule has 4 nitrogen and oxygen atoms in total. The van der Waals surface area contributed by atoms with E-state index in [2.05, 4.69) is 26.6 Å². The van der Waals surface area contributed by atoms with E-state index in [0.29, 0.717) is 23.9 Å². The summed E-state index contributed by atoms with van der Waals surface area (Å²) < 4.78 is 6.41. The van der Waals surface area contributed by atoms with Crippen LogP contribution in [-0.2, 0) is 0 Å². The molecule has 2 N–H and O–H groups in total. The van der Waals surface area contributed by atoms with Gasteiger partial charge in [-0.3, -0.25) is 0 Å². The Labute approximate surface area is 142 Å². The maximum atomic E-state index is 11.8. The third-order valence-corrected chi connectivity index (χ3v) is 3.63. The van der Waals surface area contributed by atoms with Gasteiger partial charge in [-0.25, -0.2) is 4.79 Å². The average molecular weight is 384 g/mol. The van der Waals surface area contributed by atoms with Gasteiger partial charge in [-0.15, -0.1) is 0 Å². The first kappa shape index (κ1) is 16.6. The van der Waals surface area contributed by atoms with Crippen molar-refractivity contribution in [3.8, 4) is 5.75 Å². The molecule has 0 aliphatic carbocycles. The zero-order valence-corrected chi connectivity index (χ0v) is 14.4. The van der Waals surface area contributed by atoms with Crippen LogP contribution in [0.3, 0.4) is 0 Å². The number of nitrogens with one attached hydrogen (secondary N) is 2. The molecule has 0 aliphatic rings. The van der Waals surface area contributed by atoms with Crippen LogP contribution in [0.15, 0.2) is 46.9 Å². The van der Waals surface area contributed by atoms with Crippen molar-refractivity contribution in [3.63, 3.8) is 0 Å². The number of halogens is 2. The van der Waals surface area contributed by atoms with E-state index < -0.39 is 0 Å². The third kappa shape index (κ3) is 5.24. The first-order valence-corrected chi connectivity index (χ1v) is 7.91. The molecule has 0 spiro atoms. The lowest BCUT2D eigenvalue weighted by Gasteiger charge is -2.11. The van der Waals surface area contributed by atoms with Crippen molar-refractivity contribution in [2.45, 2.75) is 6.92 Å². The van der Waals surface area contributed by atoms with Gasteiger partial charge in [0.2, 0.25) is 0 Å². The molecule has 0 radical (unpaired) electrons. The Hall–Kier alpha value is -1.72. The highest BCUT2D eigenvalue weighted by molar-refractivity contribution is 9.10. The number of anilines is 1. The van der Waals surface area contributed by atoms with Gasteiger partial charge in [0.25, 0.3) is 0 Å². The molecule has 0 heterocycles. The molecule has 0 aromatic heterocycles. The minimum Gasteiger partial charge on any atom is -0.492 e. The monoisotopic (exact) mass is 382 g/mol. The summed E-state index contributed by atoms with van der Waals surface area (Å²) in [5, 5.41) is 6.16. The molecule has 2 aromatic carbocycles. The van der Waals surface area contributed by atoms with E-state index in [1.165, 1.54) is 0 Å². The molecule has 2 rings (SSSR count). The fraction of sp³-hybridized carbons (Fsp3) is 0.188. The lowest BCUT2D eigenvalue weighted by atomic mass is 10.2. The van der Waals surface area contributed by atoms with Crippen molar-refractivity contribution in [1.82, 2.24) is 5.32 Å². The van der Waals surface area contributed by atoms with Crippen LogP contribution in [-0.4, -0.2) is 19.2 Å². The fourth-order valence-electron chi connectivity index (χ4n) is 1.79. The highest BCUT2D eigenvalue weighted by atomic mass is 79.9. The number of aryl methyl sites for hydroxylation is 1. The van der Waals surface area contributed by atoms with Crippen LogP contribution in [0, 0.1) is 6.92 Å². The Bertz CT molecular complexity index is 664. The predicted molar refractivity (Wildman–Crippen MR) is 92.8 cm³/mol. The fourth-order valence-corrected chi connectivity index (χ4v) is 2.33. The van der Waals surface area contributed by atoms with Crippen molar-refractivity contribution in [2.24, 2.45) is 0 Å². The van der Waals surface area contributed by atoms with E-state index in [0.717, 1.165) is 15.7 Å². The van der Waals surface area contributed by atoms with Crippen molar-refractivity contribution in [3.05, 3.63) is 57.5 Å². The van der Waals surface area contributed by atoms with Gasteiger partial charge in [-0.2, -0.15) is 0 Å². The first-order chi connectivity index (χ1) is 10.5. The predicted octanol–water partition coefficient (Wildman–Crippen LogP) is 4.61.